The Kier molecular flexibility index (Phi) is 2.18. The summed E-state index contributed by atoms with van der Waals surface area (Å²) in [6.45, 7) is 0. The predicted octanol–water partition coefficient (Wildman–Crippen LogP) is 1.28. The van der Waals surface area contributed by atoms with E-state index in [1.165, 1.54) is 7.11 Å². The van der Waals surface area contributed by atoms with Crippen LogP contribution in [0.1, 0.15) is 5.56 Å². The Morgan fingerprint density at radius 3 is 3.21 bits per heavy atom. The van der Waals surface area contributed by atoms with Crippen LogP contribution in [0.25, 0.3) is 10.9 Å². The normalized spacial score (nSPS) is 10.4. The topological polar surface area (TPSA) is 55.0 Å². The Morgan fingerprint density at radius 1 is 1.57 bits per heavy atom. The molecule has 1 aromatic carbocycles. The number of aromatic nitrogens is 2. The maximum absolute atomic E-state index is 11.1. The van der Waals surface area contributed by atoms with Crippen molar-refractivity contribution in [3.63, 3.8) is 0 Å². The van der Waals surface area contributed by atoms with E-state index < -0.39 is 0 Å². The number of nitrogens with zero attached hydrogens (tertiary/aromatic N) is 1. The zero-order valence-electron chi connectivity index (χ0n) is 7.78. The number of carbonyl (C=O) groups is 1. The van der Waals surface area contributed by atoms with Crippen LogP contribution in [0.15, 0.2) is 24.4 Å². The lowest BCUT2D eigenvalue weighted by Gasteiger charge is -2.00. The fourth-order valence-corrected chi connectivity index (χ4v) is 1.41. The molecule has 0 aliphatic heterocycles. The van der Waals surface area contributed by atoms with Gasteiger partial charge in [-0.25, -0.2) is 0 Å². The average Bonchev–Trinajstić information content (AvgIpc) is 2.66. The largest absolute Gasteiger partial charge is 0.469 e. The van der Waals surface area contributed by atoms with Gasteiger partial charge in [0.2, 0.25) is 0 Å². The van der Waals surface area contributed by atoms with E-state index in [4.69, 9.17) is 0 Å². The number of benzene rings is 1. The number of hydrogen-bond acceptors (Lipinski definition) is 3. The maximum atomic E-state index is 11.1. The second-order valence-electron chi connectivity index (χ2n) is 3.00. The highest BCUT2D eigenvalue weighted by Crippen LogP contribution is 2.16. The van der Waals surface area contributed by atoms with E-state index >= 15 is 0 Å². The Hall–Kier alpha value is -1.84. The first-order valence-corrected chi connectivity index (χ1v) is 4.29. The molecule has 0 spiro atoms. The highest BCUT2D eigenvalue weighted by molar-refractivity contribution is 5.86. The van der Waals surface area contributed by atoms with Gasteiger partial charge in [0.1, 0.15) is 0 Å². The van der Waals surface area contributed by atoms with E-state index in [9.17, 15) is 4.79 Å². The van der Waals surface area contributed by atoms with Gasteiger partial charge in [0.15, 0.2) is 0 Å². The Morgan fingerprint density at radius 2 is 2.43 bits per heavy atom. The lowest BCUT2D eigenvalue weighted by atomic mass is 10.1. The van der Waals surface area contributed by atoms with Crippen LogP contribution in [0, 0.1) is 0 Å². The number of aromatic amines is 1. The molecule has 0 amide bonds. The fraction of sp³-hybridized carbons (Fsp3) is 0.200. The van der Waals surface area contributed by atoms with Crippen molar-refractivity contribution in [3.8, 4) is 0 Å². The maximum Gasteiger partial charge on any atom is 0.310 e. The minimum atomic E-state index is -0.237. The number of ether oxygens (including phenoxy) is 1. The molecule has 0 fully saturated rings. The molecule has 4 heteroatoms. The van der Waals surface area contributed by atoms with Crippen molar-refractivity contribution in [2.75, 3.05) is 7.11 Å². The summed E-state index contributed by atoms with van der Waals surface area (Å²) in [5.74, 6) is -0.237. The van der Waals surface area contributed by atoms with Crippen LogP contribution < -0.4 is 0 Å². The van der Waals surface area contributed by atoms with Crippen molar-refractivity contribution in [1.29, 1.82) is 0 Å². The molecule has 0 saturated carbocycles. The van der Waals surface area contributed by atoms with Crippen molar-refractivity contribution < 1.29 is 9.53 Å². The van der Waals surface area contributed by atoms with E-state index in [1.807, 2.05) is 18.2 Å². The van der Waals surface area contributed by atoms with E-state index in [1.54, 1.807) is 6.20 Å². The number of esters is 1. The van der Waals surface area contributed by atoms with Gasteiger partial charge in [-0.1, -0.05) is 12.1 Å². The summed E-state index contributed by atoms with van der Waals surface area (Å²) in [6, 6.07) is 5.71. The molecule has 4 nitrogen and oxygen atoms in total. The third-order valence-corrected chi connectivity index (χ3v) is 2.14. The molecular formula is C10H10N2O2. The number of nitrogens with one attached hydrogen (secondary N) is 1. The van der Waals surface area contributed by atoms with Gasteiger partial charge < -0.3 is 4.74 Å². The molecule has 14 heavy (non-hydrogen) atoms. The molecule has 1 heterocycles. The monoisotopic (exact) mass is 190 g/mol. The summed E-state index contributed by atoms with van der Waals surface area (Å²) in [5.41, 5.74) is 1.87. The highest BCUT2D eigenvalue weighted by atomic mass is 16.5. The van der Waals surface area contributed by atoms with Crippen LogP contribution in [-0.2, 0) is 16.0 Å². The van der Waals surface area contributed by atoms with Crippen LogP contribution in [0.5, 0.6) is 0 Å². The van der Waals surface area contributed by atoms with E-state index in [0.717, 1.165) is 16.5 Å². The molecule has 0 aliphatic carbocycles. The van der Waals surface area contributed by atoms with Crippen LogP contribution in [-0.4, -0.2) is 23.3 Å². The number of methoxy groups -OCH3 is 1. The number of rotatable bonds is 2. The second-order valence-corrected chi connectivity index (χ2v) is 3.00. The van der Waals surface area contributed by atoms with Crippen LogP contribution >= 0.6 is 0 Å². The van der Waals surface area contributed by atoms with Gasteiger partial charge in [-0.15, -0.1) is 0 Å². The molecule has 0 saturated heterocycles. The summed E-state index contributed by atoms with van der Waals surface area (Å²) in [4.78, 5) is 11.1. The van der Waals surface area contributed by atoms with Gasteiger partial charge in [-0.05, 0) is 11.6 Å². The van der Waals surface area contributed by atoms with E-state index in [2.05, 4.69) is 14.9 Å². The summed E-state index contributed by atoms with van der Waals surface area (Å²) in [5, 5.41) is 7.74. The van der Waals surface area contributed by atoms with Gasteiger partial charge in [0, 0.05) is 5.39 Å². The molecular weight excluding hydrogens is 180 g/mol. The summed E-state index contributed by atoms with van der Waals surface area (Å²) in [7, 11) is 1.39. The van der Waals surface area contributed by atoms with Crippen LogP contribution in [0.2, 0.25) is 0 Å². The first kappa shape index (κ1) is 8.74. The van der Waals surface area contributed by atoms with Crippen LogP contribution in [0.3, 0.4) is 0 Å². The van der Waals surface area contributed by atoms with Crippen molar-refractivity contribution in [2.45, 2.75) is 6.42 Å². The molecule has 1 aromatic heterocycles. The molecule has 0 aliphatic rings. The predicted molar refractivity (Wildman–Crippen MR) is 51.8 cm³/mol. The lowest BCUT2D eigenvalue weighted by Crippen LogP contribution is -2.04. The highest BCUT2D eigenvalue weighted by Gasteiger charge is 2.07. The van der Waals surface area contributed by atoms with Crippen molar-refractivity contribution in [1.82, 2.24) is 10.2 Å². The SMILES string of the molecule is COC(=O)Cc1cccc2[nH]ncc12. The number of hydrogen-bond donors (Lipinski definition) is 1. The summed E-state index contributed by atoms with van der Waals surface area (Å²) in [6.07, 6.45) is 2.00. The van der Waals surface area contributed by atoms with E-state index in [-0.39, 0.29) is 12.4 Å². The van der Waals surface area contributed by atoms with Crippen molar-refractivity contribution in [3.05, 3.63) is 30.0 Å². The second kappa shape index (κ2) is 3.49. The minimum absolute atomic E-state index is 0.237. The number of H-pyrrole nitrogens is 1. The van der Waals surface area contributed by atoms with Gasteiger partial charge >= 0.3 is 5.97 Å². The smallest absolute Gasteiger partial charge is 0.310 e. The van der Waals surface area contributed by atoms with Crippen LogP contribution in [0.4, 0.5) is 0 Å². The average molecular weight is 190 g/mol. The molecule has 0 bridgehead atoms. The Balaban J connectivity index is 2.41. The Labute approximate surface area is 80.9 Å². The third-order valence-electron chi connectivity index (χ3n) is 2.14. The third kappa shape index (κ3) is 1.46. The molecule has 0 radical (unpaired) electrons. The molecule has 2 rings (SSSR count). The van der Waals surface area contributed by atoms with Crippen molar-refractivity contribution >= 4 is 16.9 Å². The first-order valence-electron chi connectivity index (χ1n) is 4.29. The zero-order chi connectivity index (χ0) is 9.97. The first-order chi connectivity index (χ1) is 6.81. The standard InChI is InChI=1S/C10H10N2O2/c1-14-10(13)5-7-3-2-4-9-8(7)6-11-12-9/h2-4,6H,5H2,1H3,(H,11,12). The molecule has 2 aromatic rings. The molecule has 0 unspecified atom stereocenters. The quantitative estimate of drug-likeness (QED) is 0.726. The fourth-order valence-electron chi connectivity index (χ4n) is 1.41. The molecule has 72 valence electrons. The lowest BCUT2D eigenvalue weighted by molar-refractivity contribution is -0.139. The number of carbonyl (C=O) groups excluding carboxylic acids is 1. The van der Waals surface area contributed by atoms with Gasteiger partial charge in [-0.3, -0.25) is 9.89 Å². The zero-order valence-corrected chi connectivity index (χ0v) is 7.78. The van der Waals surface area contributed by atoms with Crippen molar-refractivity contribution in [2.24, 2.45) is 0 Å². The number of fused-ring (bicyclic) bond motifs is 1. The summed E-state index contributed by atoms with van der Waals surface area (Å²) < 4.78 is 4.61. The molecule has 1 N–H and O–H groups in total. The minimum Gasteiger partial charge on any atom is -0.469 e. The van der Waals surface area contributed by atoms with Gasteiger partial charge in [0.25, 0.3) is 0 Å². The molecule has 0 atom stereocenters. The van der Waals surface area contributed by atoms with Gasteiger partial charge in [-0.2, -0.15) is 5.10 Å². The van der Waals surface area contributed by atoms with E-state index in [0.29, 0.717) is 0 Å². The van der Waals surface area contributed by atoms with Gasteiger partial charge in [0.05, 0.1) is 25.2 Å². The Bertz CT molecular complexity index is 462. The summed E-state index contributed by atoms with van der Waals surface area (Å²) >= 11 is 0.